The van der Waals surface area contributed by atoms with E-state index in [-0.39, 0.29) is 24.2 Å². The van der Waals surface area contributed by atoms with Gasteiger partial charge in [0.25, 0.3) is 0 Å². The first-order chi connectivity index (χ1) is 14.0. The Morgan fingerprint density at radius 1 is 1.07 bits per heavy atom. The predicted octanol–water partition coefficient (Wildman–Crippen LogP) is 2.59. The summed E-state index contributed by atoms with van der Waals surface area (Å²) in [4.78, 5) is 26.0. The fourth-order valence-electron chi connectivity index (χ4n) is 3.55. The van der Waals surface area contributed by atoms with Crippen LogP contribution in [0.2, 0.25) is 0 Å². The van der Waals surface area contributed by atoms with Crippen molar-refractivity contribution in [3.05, 3.63) is 48.0 Å². The number of anilines is 2. The van der Waals surface area contributed by atoms with E-state index in [1.54, 1.807) is 26.4 Å². The summed E-state index contributed by atoms with van der Waals surface area (Å²) in [7, 11) is 3.16. The molecule has 0 unspecified atom stereocenters. The summed E-state index contributed by atoms with van der Waals surface area (Å²) in [6.07, 6.45) is 1.75. The Labute approximate surface area is 170 Å². The van der Waals surface area contributed by atoms with Gasteiger partial charge in [-0.1, -0.05) is 6.07 Å². The number of methoxy groups -OCH3 is 2. The lowest BCUT2D eigenvalue weighted by molar-refractivity contribution is -0.122. The fourth-order valence-corrected chi connectivity index (χ4v) is 3.55. The number of piperidine rings is 1. The molecular weight excluding hydrogens is 370 g/mol. The Hall–Kier alpha value is -3.22. The molecule has 2 aromatic carbocycles. The molecule has 2 amide bonds. The summed E-state index contributed by atoms with van der Waals surface area (Å²) in [5, 5.41) is 2.92. The molecule has 0 aromatic heterocycles. The molecule has 0 saturated carbocycles. The third kappa shape index (κ3) is 5.19. The number of hydrogen-bond donors (Lipinski definition) is 2. The summed E-state index contributed by atoms with van der Waals surface area (Å²) in [5.74, 6) is 0.940. The first-order valence-electron chi connectivity index (χ1n) is 9.65. The molecular formula is C22H27N3O4. The van der Waals surface area contributed by atoms with E-state index in [2.05, 4.69) is 10.2 Å². The van der Waals surface area contributed by atoms with Crippen LogP contribution in [-0.2, 0) is 16.0 Å². The number of ether oxygens (including phenoxy) is 2. The normalized spacial score (nSPS) is 14.3. The van der Waals surface area contributed by atoms with Crippen molar-refractivity contribution in [1.29, 1.82) is 0 Å². The van der Waals surface area contributed by atoms with Crippen molar-refractivity contribution in [1.82, 2.24) is 0 Å². The maximum atomic E-state index is 12.4. The summed E-state index contributed by atoms with van der Waals surface area (Å²) in [5.41, 5.74) is 7.99. The number of carbonyl (C=O) groups is 2. The number of nitrogens with zero attached hydrogens (tertiary/aromatic N) is 1. The number of primary amides is 1. The Balaban J connectivity index is 1.57. The Kier molecular flexibility index (Phi) is 6.59. The van der Waals surface area contributed by atoms with E-state index >= 15 is 0 Å². The van der Waals surface area contributed by atoms with Gasteiger partial charge < -0.3 is 25.4 Å². The topological polar surface area (TPSA) is 93.9 Å². The van der Waals surface area contributed by atoms with E-state index in [1.165, 1.54) is 0 Å². The van der Waals surface area contributed by atoms with Gasteiger partial charge in [0.15, 0.2) is 0 Å². The number of amides is 2. The SMILES string of the molecule is COc1ccc(CC(=O)Nc2ccc(N3CCC(C(N)=O)CC3)cc2)c(OC)c1. The van der Waals surface area contributed by atoms with Gasteiger partial charge in [-0.05, 0) is 43.2 Å². The summed E-state index contributed by atoms with van der Waals surface area (Å²) in [6, 6.07) is 13.1. The van der Waals surface area contributed by atoms with E-state index in [0.717, 1.165) is 42.9 Å². The molecule has 7 nitrogen and oxygen atoms in total. The van der Waals surface area contributed by atoms with Crippen molar-refractivity contribution >= 4 is 23.2 Å². The zero-order valence-electron chi connectivity index (χ0n) is 16.8. The minimum absolute atomic E-state index is 0.0280. The monoisotopic (exact) mass is 397 g/mol. The van der Waals surface area contributed by atoms with Crippen LogP contribution >= 0.6 is 0 Å². The highest BCUT2D eigenvalue weighted by atomic mass is 16.5. The Bertz CT molecular complexity index is 859. The fraction of sp³-hybridized carbons (Fsp3) is 0.364. The molecule has 1 aliphatic rings. The number of nitrogens with two attached hydrogens (primary N) is 1. The summed E-state index contributed by atoms with van der Waals surface area (Å²) >= 11 is 0. The Morgan fingerprint density at radius 2 is 1.76 bits per heavy atom. The molecule has 1 saturated heterocycles. The average Bonchev–Trinajstić information content (AvgIpc) is 2.74. The molecule has 1 heterocycles. The number of rotatable bonds is 7. The highest BCUT2D eigenvalue weighted by Crippen LogP contribution is 2.26. The van der Waals surface area contributed by atoms with Gasteiger partial charge in [0, 0.05) is 42.0 Å². The number of nitrogens with one attached hydrogen (secondary N) is 1. The van der Waals surface area contributed by atoms with Gasteiger partial charge >= 0.3 is 0 Å². The van der Waals surface area contributed by atoms with Gasteiger partial charge in [0.2, 0.25) is 11.8 Å². The van der Waals surface area contributed by atoms with Crippen molar-refractivity contribution in [3.63, 3.8) is 0 Å². The molecule has 0 atom stereocenters. The van der Waals surface area contributed by atoms with Crippen molar-refractivity contribution in [3.8, 4) is 11.5 Å². The van der Waals surface area contributed by atoms with Crippen molar-refractivity contribution in [2.75, 3.05) is 37.5 Å². The van der Waals surface area contributed by atoms with Crippen LogP contribution in [0.25, 0.3) is 0 Å². The van der Waals surface area contributed by atoms with Crippen molar-refractivity contribution in [2.45, 2.75) is 19.3 Å². The Morgan fingerprint density at radius 3 is 2.34 bits per heavy atom. The van der Waals surface area contributed by atoms with Crippen LogP contribution in [-0.4, -0.2) is 39.1 Å². The minimum Gasteiger partial charge on any atom is -0.497 e. The minimum atomic E-state index is -0.212. The lowest BCUT2D eigenvalue weighted by Crippen LogP contribution is -2.38. The largest absolute Gasteiger partial charge is 0.497 e. The highest BCUT2D eigenvalue weighted by Gasteiger charge is 2.23. The zero-order valence-corrected chi connectivity index (χ0v) is 16.8. The summed E-state index contributed by atoms with van der Waals surface area (Å²) in [6.45, 7) is 1.60. The van der Waals surface area contributed by atoms with Crippen LogP contribution in [0.3, 0.4) is 0 Å². The number of benzene rings is 2. The molecule has 2 aromatic rings. The average molecular weight is 397 g/mol. The third-order valence-electron chi connectivity index (χ3n) is 5.26. The van der Waals surface area contributed by atoms with Crippen molar-refractivity contribution in [2.24, 2.45) is 11.7 Å². The van der Waals surface area contributed by atoms with Gasteiger partial charge in [-0.3, -0.25) is 9.59 Å². The molecule has 154 valence electrons. The van der Waals surface area contributed by atoms with Crippen LogP contribution in [0.15, 0.2) is 42.5 Å². The van der Waals surface area contributed by atoms with E-state index < -0.39 is 0 Å². The first-order valence-corrected chi connectivity index (χ1v) is 9.65. The molecule has 0 spiro atoms. The molecule has 1 fully saturated rings. The number of hydrogen-bond acceptors (Lipinski definition) is 5. The van der Waals surface area contributed by atoms with Crippen LogP contribution in [0, 0.1) is 5.92 Å². The van der Waals surface area contributed by atoms with Crippen LogP contribution in [0.1, 0.15) is 18.4 Å². The van der Waals surface area contributed by atoms with Crippen LogP contribution in [0.4, 0.5) is 11.4 Å². The molecule has 0 aliphatic carbocycles. The van der Waals surface area contributed by atoms with Gasteiger partial charge in [-0.2, -0.15) is 0 Å². The van der Waals surface area contributed by atoms with E-state index in [9.17, 15) is 9.59 Å². The van der Waals surface area contributed by atoms with Crippen molar-refractivity contribution < 1.29 is 19.1 Å². The van der Waals surface area contributed by atoms with Gasteiger partial charge in [-0.25, -0.2) is 0 Å². The standard InChI is InChI=1S/C22H27N3O4/c1-28-19-8-3-16(20(14-19)29-2)13-21(26)24-17-4-6-18(7-5-17)25-11-9-15(10-12-25)22(23)27/h3-8,14-15H,9-13H2,1-2H3,(H2,23,27)(H,24,26). The van der Waals surface area contributed by atoms with Crippen LogP contribution in [0.5, 0.6) is 11.5 Å². The summed E-state index contributed by atoms with van der Waals surface area (Å²) < 4.78 is 10.5. The number of carbonyl (C=O) groups excluding carboxylic acids is 2. The van der Waals surface area contributed by atoms with E-state index in [1.807, 2.05) is 30.3 Å². The second-order valence-electron chi connectivity index (χ2n) is 7.11. The van der Waals surface area contributed by atoms with Crippen LogP contribution < -0.4 is 25.4 Å². The maximum Gasteiger partial charge on any atom is 0.228 e. The van der Waals surface area contributed by atoms with Gasteiger partial charge in [-0.15, -0.1) is 0 Å². The molecule has 3 N–H and O–H groups in total. The first kappa shape index (κ1) is 20.5. The molecule has 3 rings (SSSR count). The van der Waals surface area contributed by atoms with Gasteiger partial charge in [0.1, 0.15) is 11.5 Å². The highest BCUT2D eigenvalue weighted by molar-refractivity contribution is 5.92. The van der Waals surface area contributed by atoms with E-state index in [4.69, 9.17) is 15.2 Å². The molecule has 0 radical (unpaired) electrons. The maximum absolute atomic E-state index is 12.4. The lowest BCUT2D eigenvalue weighted by atomic mass is 9.96. The molecule has 29 heavy (non-hydrogen) atoms. The molecule has 1 aliphatic heterocycles. The second-order valence-corrected chi connectivity index (χ2v) is 7.11. The lowest BCUT2D eigenvalue weighted by Gasteiger charge is -2.32. The van der Waals surface area contributed by atoms with E-state index in [0.29, 0.717) is 11.5 Å². The molecule has 7 heteroatoms. The smallest absolute Gasteiger partial charge is 0.228 e. The predicted molar refractivity (Wildman–Crippen MR) is 112 cm³/mol. The quantitative estimate of drug-likeness (QED) is 0.749. The molecule has 0 bridgehead atoms. The third-order valence-corrected chi connectivity index (χ3v) is 5.26. The van der Waals surface area contributed by atoms with Gasteiger partial charge in [0.05, 0.1) is 20.6 Å². The second kappa shape index (κ2) is 9.32. The zero-order chi connectivity index (χ0) is 20.8.